The summed E-state index contributed by atoms with van der Waals surface area (Å²) < 4.78 is 10.3. The van der Waals surface area contributed by atoms with Gasteiger partial charge in [-0.05, 0) is 31.0 Å². The van der Waals surface area contributed by atoms with Gasteiger partial charge in [-0.1, -0.05) is 0 Å². The van der Waals surface area contributed by atoms with Crippen LogP contribution in [0, 0.1) is 10.1 Å². The molecular formula is C17H19N3O5. The van der Waals surface area contributed by atoms with Crippen LogP contribution in [0.1, 0.15) is 18.6 Å². The predicted octanol–water partition coefficient (Wildman–Crippen LogP) is 2.48. The van der Waals surface area contributed by atoms with Crippen LogP contribution in [0.4, 0.5) is 11.4 Å². The van der Waals surface area contributed by atoms with Crippen LogP contribution >= 0.6 is 0 Å². The van der Waals surface area contributed by atoms with Gasteiger partial charge in [-0.15, -0.1) is 0 Å². The number of ether oxygens (including phenoxy) is 1. The van der Waals surface area contributed by atoms with E-state index in [1.165, 1.54) is 13.2 Å². The second-order valence-electron chi connectivity index (χ2n) is 5.76. The number of nitro benzene ring substituents is 1. The highest BCUT2D eigenvalue weighted by Crippen LogP contribution is 2.34. The fourth-order valence-electron chi connectivity index (χ4n) is 3.05. The molecule has 0 bridgehead atoms. The molecule has 0 aliphatic carbocycles. The van der Waals surface area contributed by atoms with Gasteiger partial charge in [-0.25, -0.2) is 0 Å². The molecule has 132 valence electrons. The van der Waals surface area contributed by atoms with E-state index < -0.39 is 4.92 Å². The third-order valence-corrected chi connectivity index (χ3v) is 4.26. The molecule has 0 radical (unpaired) electrons. The number of carbonyl (C=O) groups excluding carboxylic acids is 1. The minimum atomic E-state index is -0.486. The van der Waals surface area contributed by atoms with Crippen molar-refractivity contribution in [2.45, 2.75) is 25.4 Å². The topological polar surface area (TPSA) is 97.8 Å². The molecule has 1 atom stereocenters. The molecule has 2 aromatic rings. The summed E-state index contributed by atoms with van der Waals surface area (Å²) in [5, 5.41) is 13.9. The quantitative estimate of drug-likeness (QED) is 0.638. The number of furan rings is 1. The zero-order chi connectivity index (χ0) is 17.8. The lowest BCUT2D eigenvalue weighted by Crippen LogP contribution is -2.43. The number of methoxy groups -OCH3 is 1. The molecule has 8 heteroatoms. The molecular weight excluding hydrogens is 326 g/mol. The molecule has 1 fully saturated rings. The maximum atomic E-state index is 12.5. The average Bonchev–Trinajstić information content (AvgIpc) is 3.30. The number of benzene rings is 1. The first-order valence-electron chi connectivity index (χ1n) is 7.99. The van der Waals surface area contributed by atoms with Gasteiger partial charge in [0.05, 0.1) is 24.8 Å². The zero-order valence-corrected chi connectivity index (χ0v) is 13.8. The van der Waals surface area contributed by atoms with Gasteiger partial charge in [0.25, 0.3) is 0 Å². The third kappa shape index (κ3) is 3.57. The van der Waals surface area contributed by atoms with Crippen molar-refractivity contribution >= 4 is 17.3 Å². The van der Waals surface area contributed by atoms with Crippen molar-refractivity contribution in [2.75, 3.05) is 18.6 Å². The van der Waals surface area contributed by atoms with Crippen LogP contribution in [0.15, 0.2) is 41.0 Å². The molecule has 1 amide bonds. The van der Waals surface area contributed by atoms with Gasteiger partial charge < -0.3 is 19.4 Å². The highest BCUT2D eigenvalue weighted by molar-refractivity contribution is 5.86. The van der Waals surface area contributed by atoms with E-state index in [0.29, 0.717) is 18.8 Å². The summed E-state index contributed by atoms with van der Waals surface area (Å²) in [5.74, 6) is 0.783. The first-order chi connectivity index (χ1) is 12.1. The number of nitrogens with one attached hydrogen (secondary N) is 1. The van der Waals surface area contributed by atoms with Crippen LogP contribution in [0.2, 0.25) is 0 Å². The molecule has 1 aromatic heterocycles. The SMILES string of the molecule is COc1cc(N2CCCC2C(=O)NCc2ccco2)ccc1[N+](=O)[O-]. The molecule has 0 spiro atoms. The number of nitro groups is 1. The standard InChI is InChI=1S/C17H19N3O5/c1-24-16-10-12(6-7-14(16)20(22)23)19-8-2-5-15(19)17(21)18-11-13-4-3-9-25-13/h3-4,6-7,9-10,15H,2,5,8,11H2,1H3,(H,18,21). The monoisotopic (exact) mass is 345 g/mol. The number of anilines is 1. The van der Waals surface area contributed by atoms with Crippen molar-refractivity contribution in [1.82, 2.24) is 5.32 Å². The zero-order valence-electron chi connectivity index (χ0n) is 13.8. The summed E-state index contributed by atoms with van der Waals surface area (Å²) in [6.45, 7) is 1.04. The second kappa shape index (κ2) is 7.25. The lowest BCUT2D eigenvalue weighted by atomic mass is 10.1. The number of hydrogen-bond acceptors (Lipinski definition) is 6. The van der Waals surface area contributed by atoms with Crippen LogP contribution in [-0.2, 0) is 11.3 Å². The van der Waals surface area contributed by atoms with Gasteiger partial charge in [0.2, 0.25) is 5.91 Å². The summed E-state index contributed by atoms with van der Waals surface area (Å²) in [5.41, 5.74) is 0.641. The van der Waals surface area contributed by atoms with E-state index in [0.717, 1.165) is 18.5 Å². The number of carbonyl (C=O) groups is 1. The van der Waals surface area contributed by atoms with Gasteiger partial charge in [0, 0.05) is 24.4 Å². The number of hydrogen-bond donors (Lipinski definition) is 1. The largest absolute Gasteiger partial charge is 0.490 e. The maximum Gasteiger partial charge on any atom is 0.311 e. The van der Waals surface area contributed by atoms with E-state index in [4.69, 9.17) is 9.15 Å². The van der Waals surface area contributed by atoms with Crippen molar-refractivity contribution in [1.29, 1.82) is 0 Å². The molecule has 1 aliphatic heterocycles. The number of rotatable bonds is 6. The van der Waals surface area contributed by atoms with Crippen LogP contribution in [-0.4, -0.2) is 30.5 Å². The lowest BCUT2D eigenvalue weighted by Gasteiger charge is -2.26. The molecule has 1 saturated heterocycles. The molecule has 0 saturated carbocycles. The number of nitrogens with zero attached hydrogens (tertiary/aromatic N) is 2. The van der Waals surface area contributed by atoms with Crippen LogP contribution in [0.3, 0.4) is 0 Å². The Labute approximate surface area is 144 Å². The Hall–Kier alpha value is -3.03. The van der Waals surface area contributed by atoms with Crippen LogP contribution < -0.4 is 15.0 Å². The molecule has 1 aliphatic rings. The Morgan fingerprint density at radius 2 is 2.32 bits per heavy atom. The minimum absolute atomic E-state index is 0.0915. The fraction of sp³-hybridized carbons (Fsp3) is 0.353. The molecule has 1 aromatic carbocycles. The van der Waals surface area contributed by atoms with Crippen molar-refractivity contribution in [2.24, 2.45) is 0 Å². The van der Waals surface area contributed by atoms with E-state index in [1.807, 2.05) is 4.90 Å². The first-order valence-corrected chi connectivity index (χ1v) is 7.99. The Bertz CT molecular complexity index is 760. The number of amides is 1. The fourth-order valence-corrected chi connectivity index (χ4v) is 3.05. The normalized spacial score (nSPS) is 16.7. The van der Waals surface area contributed by atoms with Crippen molar-refractivity contribution in [3.8, 4) is 5.75 Å². The first kappa shape index (κ1) is 16.8. The summed E-state index contributed by atoms with van der Waals surface area (Å²) in [6, 6.07) is 7.92. The van der Waals surface area contributed by atoms with Gasteiger partial charge in [-0.2, -0.15) is 0 Å². The van der Waals surface area contributed by atoms with Gasteiger partial charge in [0.15, 0.2) is 5.75 Å². The van der Waals surface area contributed by atoms with Gasteiger partial charge >= 0.3 is 5.69 Å². The molecule has 1 unspecified atom stereocenters. The predicted molar refractivity (Wildman–Crippen MR) is 90.6 cm³/mol. The highest BCUT2D eigenvalue weighted by Gasteiger charge is 2.31. The van der Waals surface area contributed by atoms with E-state index >= 15 is 0 Å². The molecule has 3 rings (SSSR count). The van der Waals surface area contributed by atoms with Crippen molar-refractivity contribution in [3.05, 3.63) is 52.5 Å². The van der Waals surface area contributed by atoms with E-state index in [9.17, 15) is 14.9 Å². The van der Waals surface area contributed by atoms with Crippen LogP contribution in [0.5, 0.6) is 5.75 Å². The van der Waals surface area contributed by atoms with Crippen LogP contribution in [0.25, 0.3) is 0 Å². The van der Waals surface area contributed by atoms with Crippen molar-refractivity contribution < 1.29 is 18.9 Å². The molecule has 8 nitrogen and oxygen atoms in total. The smallest absolute Gasteiger partial charge is 0.311 e. The third-order valence-electron chi connectivity index (χ3n) is 4.26. The second-order valence-corrected chi connectivity index (χ2v) is 5.76. The van der Waals surface area contributed by atoms with Gasteiger partial charge in [0.1, 0.15) is 11.8 Å². The Morgan fingerprint density at radius 1 is 1.48 bits per heavy atom. The summed E-state index contributed by atoms with van der Waals surface area (Å²) in [4.78, 5) is 25.0. The molecule has 2 heterocycles. The minimum Gasteiger partial charge on any atom is -0.490 e. The molecule has 25 heavy (non-hydrogen) atoms. The molecule has 1 N–H and O–H groups in total. The van der Waals surface area contributed by atoms with E-state index in [-0.39, 0.29) is 23.4 Å². The Balaban J connectivity index is 1.74. The highest BCUT2D eigenvalue weighted by atomic mass is 16.6. The van der Waals surface area contributed by atoms with Crippen molar-refractivity contribution in [3.63, 3.8) is 0 Å². The summed E-state index contributed by atoms with van der Waals surface area (Å²) in [7, 11) is 1.39. The average molecular weight is 345 g/mol. The Morgan fingerprint density at radius 3 is 3.00 bits per heavy atom. The maximum absolute atomic E-state index is 12.5. The summed E-state index contributed by atoms with van der Waals surface area (Å²) >= 11 is 0. The lowest BCUT2D eigenvalue weighted by molar-refractivity contribution is -0.385. The Kier molecular flexibility index (Phi) is 4.87. The summed E-state index contributed by atoms with van der Waals surface area (Å²) in [6.07, 6.45) is 3.16. The van der Waals surface area contributed by atoms with Gasteiger partial charge in [-0.3, -0.25) is 14.9 Å². The van der Waals surface area contributed by atoms with E-state index in [2.05, 4.69) is 5.32 Å². The van der Waals surface area contributed by atoms with E-state index in [1.54, 1.807) is 30.5 Å².